The summed E-state index contributed by atoms with van der Waals surface area (Å²) in [6.45, 7) is 1.97. The summed E-state index contributed by atoms with van der Waals surface area (Å²) in [5, 5.41) is 14.4. The fourth-order valence-electron chi connectivity index (χ4n) is 3.08. The topological polar surface area (TPSA) is 75.6 Å². The van der Waals surface area contributed by atoms with Gasteiger partial charge in [-0.15, -0.1) is 0 Å². The Labute approximate surface area is 164 Å². The van der Waals surface area contributed by atoms with Crippen LogP contribution in [-0.2, 0) is 27.2 Å². The Balaban J connectivity index is 1.70. The highest BCUT2D eigenvalue weighted by molar-refractivity contribution is 5.88. The van der Waals surface area contributed by atoms with E-state index in [9.17, 15) is 14.7 Å². The first-order valence-corrected chi connectivity index (χ1v) is 9.26. The summed E-state index contributed by atoms with van der Waals surface area (Å²) in [4.78, 5) is 24.8. The largest absolute Gasteiger partial charge is 0.508 e. The second-order valence-electron chi connectivity index (χ2n) is 6.60. The summed E-state index contributed by atoms with van der Waals surface area (Å²) in [5.74, 6) is -0.564. The van der Waals surface area contributed by atoms with Crippen molar-refractivity contribution < 1.29 is 19.4 Å². The number of rotatable bonds is 7. The van der Waals surface area contributed by atoms with Crippen LogP contribution in [0.5, 0.6) is 5.75 Å². The minimum atomic E-state index is -0.780. The van der Waals surface area contributed by atoms with Gasteiger partial charge in [0.1, 0.15) is 11.8 Å². The van der Waals surface area contributed by atoms with E-state index in [1.165, 1.54) is 0 Å². The van der Waals surface area contributed by atoms with Gasteiger partial charge in [0.15, 0.2) is 0 Å². The van der Waals surface area contributed by atoms with E-state index in [2.05, 4.69) is 5.32 Å². The molecular formula is C23H23NO4. The van der Waals surface area contributed by atoms with Crippen molar-refractivity contribution >= 4 is 22.6 Å². The number of carbonyl (C=O) groups excluding carboxylic acids is 2. The van der Waals surface area contributed by atoms with Crippen molar-refractivity contribution in [1.82, 2.24) is 5.32 Å². The number of fused-ring (bicyclic) bond motifs is 1. The van der Waals surface area contributed by atoms with Crippen molar-refractivity contribution in [2.75, 3.05) is 6.61 Å². The molecule has 1 amide bonds. The summed E-state index contributed by atoms with van der Waals surface area (Å²) in [7, 11) is 0. The van der Waals surface area contributed by atoms with Gasteiger partial charge in [0.25, 0.3) is 0 Å². The minimum absolute atomic E-state index is 0.150. The smallest absolute Gasteiger partial charge is 0.328 e. The van der Waals surface area contributed by atoms with E-state index in [4.69, 9.17) is 4.74 Å². The molecule has 3 aromatic carbocycles. The zero-order chi connectivity index (χ0) is 19.9. The maximum atomic E-state index is 12.6. The van der Waals surface area contributed by atoms with Gasteiger partial charge in [-0.25, -0.2) is 4.79 Å². The number of benzene rings is 3. The van der Waals surface area contributed by atoms with Crippen LogP contribution in [0.1, 0.15) is 18.1 Å². The van der Waals surface area contributed by atoms with Gasteiger partial charge in [-0.3, -0.25) is 4.79 Å². The quantitative estimate of drug-likeness (QED) is 0.619. The third-order valence-corrected chi connectivity index (χ3v) is 4.46. The van der Waals surface area contributed by atoms with Crippen molar-refractivity contribution in [2.45, 2.75) is 25.8 Å². The number of phenolic OH excluding ortho intramolecular Hbond substituents is 1. The van der Waals surface area contributed by atoms with Gasteiger partial charge in [-0.05, 0) is 41.0 Å². The molecule has 0 aliphatic heterocycles. The number of nitrogens with one attached hydrogen (secondary N) is 1. The van der Waals surface area contributed by atoms with Crippen molar-refractivity contribution in [1.29, 1.82) is 0 Å². The molecule has 0 aliphatic carbocycles. The summed E-state index contributed by atoms with van der Waals surface area (Å²) in [6, 6.07) is 19.6. The molecule has 28 heavy (non-hydrogen) atoms. The number of ether oxygens (including phenoxy) is 1. The Hall–Kier alpha value is -3.34. The van der Waals surface area contributed by atoms with E-state index < -0.39 is 12.0 Å². The van der Waals surface area contributed by atoms with Gasteiger partial charge in [-0.1, -0.05) is 54.6 Å². The summed E-state index contributed by atoms with van der Waals surface area (Å²) in [6.07, 6.45) is 0.471. The zero-order valence-corrected chi connectivity index (χ0v) is 15.7. The van der Waals surface area contributed by atoms with Crippen LogP contribution in [0, 0.1) is 0 Å². The third-order valence-electron chi connectivity index (χ3n) is 4.46. The average Bonchev–Trinajstić information content (AvgIpc) is 2.69. The summed E-state index contributed by atoms with van der Waals surface area (Å²) in [5.41, 5.74) is 1.70. The number of hydrogen-bond acceptors (Lipinski definition) is 4. The number of amides is 1. The van der Waals surface area contributed by atoms with Crippen LogP contribution in [0.3, 0.4) is 0 Å². The number of esters is 1. The van der Waals surface area contributed by atoms with E-state index >= 15 is 0 Å². The van der Waals surface area contributed by atoms with E-state index in [0.717, 1.165) is 21.9 Å². The van der Waals surface area contributed by atoms with Crippen molar-refractivity contribution in [3.8, 4) is 5.75 Å². The molecule has 0 saturated heterocycles. The number of hydrogen-bond donors (Lipinski definition) is 2. The van der Waals surface area contributed by atoms with Crippen molar-refractivity contribution in [2.24, 2.45) is 0 Å². The predicted octanol–water partition coefficient (Wildman–Crippen LogP) is 3.38. The molecule has 0 aromatic heterocycles. The lowest BCUT2D eigenvalue weighted by Crippen LogP contribution is -2.44. The van der Waals surface area contributed by atoms with Gasteiger partial charge in [-0.2, -0.15) is 0 Å². The molecule has 0 heterocycles. The third kappa shape index (κ3) is 5.10. The maximum absolute atomic E-state index is 12.6. The molecule has 5 nitrogen and oxygen atoms in total. The molecule has 3 aromatic rings. The van der Waals surface area contributed by atoms with E-state index in [0.29, 0.717) is 6.42 Å². The molecule has 0 aliphatic rings. The van der Waals surface area contributed by atoms with Crippen LogP contribution in [0.25, 0.3) is 10.8 Å². The molecule has 0 unspecified atom stereocenters. The van der Waals surface area contributed by atoms with Gasteiger partial charge in [0.2, 0.25) is 5.91 Å². The van der Waals surface area contributed by atoms with Crippen LogP contribution < -0.4 is 5.32 Å². The Kier molecular flexibility index (Phi) is 6.27. The Bertz CT molecular complexity index is 966. The van der Waals surface area contributed by atoms with E-state index in [1.54, 1.807) is 31.2 Å². The molecule has 0 saturated carbocycles. The Morgan fingerprint density at radius 1 is 0.964 bits per heavy atom. The number of carbonyl (C=O) groups is 2. The lowest BCUT2D eigenvalue weighted by atomic mass is 10.0. The SMILES string of the molecule is CCOC(=O)[C@H](Cc1ccc(O)cc1)NC(=O)Cc1ccc2ccccc2c1. The molecule has 0 bridgehead atoms. The van der Waals surface area contributed by atoms with Gasteiger partial charge in [0, 0.05) is 6.42 Å². The average molecular weight is 377 g/mol. The highest BCUT2D eigenvalue weighted by Gasteiger charge is 2.22. The van der Waals surface area contributed by atoms with Crippen molar-refractivity contribution in [3.05, 3.63) is 77.9 Å². The van der Waals surface area contributed by atoms with Crippen LogP contribution in [0.15, 0.2) is 66.7 Å². The van der Waals surface area contributed by atoms with Gasteiger partial charge >= 0.3 is 5.97 Å². The molecule has 2 N–H and O–H groups in total. The number of aromatic hydroxyl groups is 1. The first-order chi connectivity index (χ1) is 13.5. The van der Waals surface area contributed by atoms with Gasteiger partial charge < -0.3 is 15.2 Å². The molecule has 0 fully saturated rings. The molecule has 0 radical (unpaired) electrons. The fourth-order valence-corrected chi connectivity index (χ4v) is 3.08. The second-order valence-corrected chi connectivity index (χ2v) is 6.60. The van der Waals surface area contributed by atoms with Gasteiger partial charge in [0.05, 0.1) is 13.0 Å². The molecule has 3 rings (SSSR count). The van der Waals surface area contributed by atoms with Crippen LogP contribution in [-0.4, -0.2) is 29.6 Å². The highest BCUT2D eigenvalue weighted by Crippen LogP contribution is 2.16. The Morgan fingerprint density at radius 2 is 1.64 bits per heavy atom. The first-order valence-electron chi connectivity index (χ1n) is 9.26. The minimum Gasteiger partial charge on any atom is -0.508 e. The lowest BCUT2D eigenvalue weighted by Gasteiger charge is -2.17. The fraction of sp³-hybridized carbons (Fsp3) is 0.217. The first kappa shape index (κ1) is 19.4. The van der Waals surface area contributed by atoms with E-state index in [1.807, 2.05) is 42.5 Å². The maximum Gasteiger partial charge on any atom is 0.328 e. The second kappa shape index (κ2) is 9.04. The molecule has 144 valence electrons. The molecule has 0 spiro atoms. The number of phenols is 1. The molecule has 1 atom stereocenters. The normalized spacial score (nSPS) is 11.8. The standard InChI is InChI=1S/C23H23NO4/c1-2-28-23(27)21(14-16-8-11-20(25)12-9-16)24-22(26)15-17-7-10-18-5-3-4-6-19(18)13-17/h3-13,21,25H,2,14-15H2,1H3,(H,24,26)/t21-/m0/s1. The highest BCUT2D eigenvalue weighted by atomic mass is 16.5. The van der Waals surface area contributed by atoms with Crippen LogP contribution in [0.2, 0.25) is 0 Å². The Morgan fingerprint density at radius 3 is 2.36 bits per heavy atom. The van der Waals surface area contributed by atoms with Crippen LogP contribution in [0.4, 0.5) is 0 Å². The van der Waals surface area contributed by atoms with E-state index in [-0.39, 0.29) is 24.7 Å². The van der Waals surface area contributed by atoms with Crippen molar-refractivity contribution in [3.63, 3.8) is 0 Å². The summed E-state index contributed by atoms with van der Waals surface area (Å²) < 4.78 is 5.11. The van der Waals surface area contributed by atoms with Crippen LogP contribution >= 0.6 is 0 Å². The molecular weight excluding hydrogens is 354 g/mol. The summed E-state index contributed by atoms with van der Waals surface area (Å²) >= 11 is 0. The monoisotopic (exact) mass is 377 g/mol. The predicted molar refractivity (Wildman–Crippen MR) is 108 cm³/mol. The lowest BCUT2D eigenvalue weighted by molar-refractivity contribution is -0.147. The zero-order valence-electron chi connectivity index (χ0n) is 15.7. The molecule has 5 heteroatoms.